The Balaban J connectivity index is 4.90. The molecule has 0 aliphatic carbocycles. The van der Waals surface area contributed by atoms with Crippen molar-refractivity contribution >= 4 is 12.0 Å². The molecule has 5 nitrogen and oxygen atoms in total. The number of rotatable bonds is 3. The van der Waals surface area contributed by atoms with Gasteiger partial charge in [-0.15, -0.1) is 0 Å². The Morgan fingerprint density at radius 3 is 1.94 bits per heavy atom. The number of carbonyl (C=O) groups is 2. The van der Waals surface area contributed by atoms with E-state index in [0.717, 1.165) is 0 Å². The first kappa shape index (κ1) is 14.7. The zero-order valence-corrected chi connectivity index (χ0v) is 10.9. The molecule has 0 radical (unpaired) electrons. The number of hydrogen-bond acceptors (Lipinski definition) is 3. The molecule has 5 heteroatoms. The summed E-state index contributed by atoms with van der Waals surface area (Å²) in [6.07, 6.45) is -1.38. The molecular formula is C11H22N2O3. The monoisotopic (exact) mass is 230 g/mol. The minimum absolute atomic E-state index is 0.0822. The van der Waals surface area contributed by atoms with Crippen LogP contribution in [0.25, 0.3) is 0 Å². The van der Waals surface area contributed by atoms with Gasteiger partial charge in [0.15, 0.2) is 0 Å². The van der Waals surface area contributed by atoms with Crippen LogP contribution in [0.5, 0.6) is 0 Å². The largest absolute Gasteiger partial charge is 0.445 e. The molecule has 0 spiro atoms. The van der Waals surface area contributed by atoms with E-state index < -0.39 is 18.1 Å². The second kappa shape index (κ2) is 5.18. The summed E-state index contributed by atoms with van der Waals surface area (Å²) in [5.41, 5.74) is 4.68. The van der Waals surface area contributed by atoms with Gasteiger partial charge in [0, 0.05) is 14.1 Å². The quantitative estimate of drug-likeness (QED) is 0.792. The van der Waals surface area contributed by atoms with Crippen LogP contribution in [-0.4, -0.2) is 37.1 Å². The van der Waals surface area contributed by atoms with Gasteiger partial charge in [-0.1, -0.05) is 20.8 Å². The zero-order valence-electron chi connectivity index (χ0n) is 10.9. The van der Waals surface area contributed by atoms with E-state index in [0.29, 0.717) is 0 Å². The lowest BCUT2D eigenvalue weighted by Gasteiger charge is -2.34. The van der Waals surface area contributed by atoms with Gasteiger partial charge in [-0.3, -0.25) is 4.79 Å². The molecule has 2 atom stereocenters. The maximum atomic E-state index is 11.8. The molecule has 0 fully saturated rings. The van der Waals surface area contributed by atoms with E-state index >= 15 is 0 Å². The van der Waals surface area contributed by atoms with Crippen LogP contribution in [-0.2, 0) is 9.53 Å². The highest BCUT2D eigenvalue weighted by molar-refractivity contribution is 5.79. The third kappa shape index (κ3) is 4.08. The summed E-state index contributed by atoms with van der Waals surface area (Å²) in [5.74, 6) is -0.497. The predicted octanol–water partition coefficient (Wildman–Crippen LogP) is 1.22. The van der Waals surface area contributed by atoms with Gasteiger partial charge in [0.25, 0.3) is 0 Å². The molecule has 16 heavy (non-hydrogen) atoms. The molecule has 0 aromatic rings. The van der Waals surface area contributed by atoms with Crippen LogP contribution < -0.4 is 5.73 Å². The summed E-state index contributed by atoms with van der Waals surface area (Å²) in [4.78, 5) is 24.1. The summed E-state index contributed by atoms with van der Waals surface area (Å²) < 4.78 is 5.04. The molecule has 0 heterocycles. The van der Waals surface area contributed by atoms with Gasteiger partial charge in [0.2, 0.25) is 5.91 Å². The van der Waals surface area contributed by atoms with E-state index in [1.165, 1.54) is 4.90 Å². The van der Waals surface area contributed by atoms with Gasteiger partial charge >= 0.3 is 6.09 Å². The van der Waals surface area contributed by atoms with Crippen LogP contribution in [0.4, 0.5) is 4.79 Å². The molecule has 0 aromatic carbocycles. The fourth-order valence-electron chi connectivity index (χ4n) is 1.69. The standard InChI is InChI=1S/C11H22N2O3/c1-7(9(14)13(5)6)8(11(2,3)4)16-10(12)15/h7-8H,1-6H3,(H2,12,15)/t7-,8?/m0/s1. The van der Waals surface area contributed by atoms with Gasteiger partial charge < -0.3 is 15.4 Å². The average Bonchev–Trinajstić information content (AvgIpc) is 2.09. The Kier molecular flexibility index (Phi) is 4.78. The lowest BCUT2D eigenvalue weighted by atomic mass is 9.81. The third-order valence-electron chi connectivity index (χ3n) is 2.38. The summed E-state index contributed by atoms with van der Waals surface area (Å²) in [7, 11) is 3.34. The van der Waals surface area contributed by atoms with Crippen molar-refractivity contribution in [3.63, 3.8) is 0 Å². The topological polar surface area (TPSA) is 72.6 Å². The number of nitrogens with two attached hydrogens (primary N) is 1. The van der Waals surface area contributed by atoms with Crippen LogP contribution in [0.15, 0.2) is 0 Å². The highest BCUT2D eigenvalue weighted by atomic mass is 16.6. The molecule has 0 aliphatic rings. The van der Waals surface area contributed by atoms with E-state index in [1.807, 2.05) is 20.8 Å². The van der Waals surface area contributed by atoms with Gasteiger partial charge in [-0.25, -0.2) is 4.79 Å². The highest BCUT2D eigenvalue weighted by Gasteiger charge is 2.37. The Morgan fingerprint density at radius 1 is 1.25 bits per heavy atom. The summed E-state index contributed by atoms with van der Waals surface area (Å²) in [6, 6.07) is 0. The van der Waals surface area contributed by atoms with E-state index in [-0.39, 0.29) is 11.3 Å². The maximum Gasteiger partial charge on any atom is 0.404 e. The van der Waals surface area contributed by atoms with Crippen molar-refractivity contribution in [3.05, 3.63) is 0 Å². The van der Waals surface area contributed by atoms with Crippen molar-refractivity contribution in [1.29, 1.82) is 0 Å². The molecule has 0 bridgehead atoms. The van der Waals surface area contributed by atoms with E-state index in [4.69, 9.17) is 10.5 Å². The number of ether oxygens (including phenoxy) is 1. The maximum absolute atomic E-state index is 11.8. The highest BCUT2D eigenvalue weighted by Crippen LogP contribution is 2.29. The number of hydrogen-bond donors (Lipinski definition) is 1. The molecule has 2 amide bonds. The third-order valence-corrected chi connectivity index (χ3v) is 2.38. The van der Waals surface area contributed by atoms with Crippen molar-refractivity contribution in [2.45, 2.75) is 33.8 Å². The summed E-state index contributed by atoms with van der Waals surface area (Å²) >= 11 is 0. The van der Waals surface area contributed by atoms with Crippen LogP contribution in [0.3, 0.4) is 0 Å². The second-order valence-electron chi connectivity index (χ2n) is 5.24. The molecule has 0 aliphatic heterocycles. The van der Waals surface area contributed by atoms with E-state index in [1.54, 1.807) is 21.0 Å². The number of primary amides is 1. The zero-order chi connectivity index (χ0) is 13.1. The molecular weight excluding hydrogens is 208 g/mol. The Hall–Kier alpha value is -1.26. The smallest absolute Gasteiger partial charge is 0.404 e. The van der Waals surface area contributed by atoms with Gasteiger partial charge in [-0.05, 0) is 12.3 Å². The number of amides is 2. The Bertz CT molecular complexity index is 269. The molecule has 1 unspecified atom stereocenters. The van der Waals surface area contributed by atoms with Gasteiger partial charge in [0.1, 0.15) is 6.10 Å². The van der Waals surface area contributed by atoms with Crippen molar-refractivity contribution in [2.75, 3.05) is 14.1 Å². The van der Waals surface area contributed by atoms with Crippen LogP contribution in [0.2, 0.25) is 0 Å². The molecule has 94 valence electrons. The van der Waals surface area contributed by atoms with Gasteiger partial charge in [0.05, 0.1) is 5.92 Å². The summed E-state index contributed by atoms with van der Waals surface area (Å²) in [5, 5.41) is 0. The van der Waals surface area contributed by atoms with Crippen LogP contribution >= 0.6 is 0 Å². The van der Waals surface area contributed by atoms with Crippen molar-refractivity contribution in [3.8, 4) is 0 Å². The molecule has 0 saturated carbocycles. The minimum atomic E-state index is -0.849. The Morgan fingerprint density at radius 2 is 1.69 bits per heavy atom. The van der Waals surface area contributed by atoms with Crippen molar-refractivity contribution in [1.82, 2.24) is 4.90 Å². The first-order chi connectivity index (χ1) is 7.07. The van der Waals surface area contributed by atoms with Crippen LogP contribution in [0.1, 0.15) is 27.7 Å². The lowest BCUT2D eigenvalue weighted by molar-refractivity contribution is -0.138. The van der Waals surface area contributed by atoms with Crippen molar-refractivity contribution < 1.29 is 14.3 Å². The number of nitrogens with zero attached hydrogens (tertiary/aromatic N) is 1. The fraction of sp³-hybridized carbons (Fsp3) is 0.818. The van der Waals surface area contributed by atoms with E-state index in [9.17, 15) is 9.59 Å². The fourth-order valence-corrected chi connectivity index (χ4v) is 1.69. The molecule has 0 aromatic heterocycles. The Labute approximate surface area is 96.9 Å². The van der Waals surface area contributed by atoms with Crippen molar-refractivity contribution in [2.24, 2.45) is 17.1 Å². The number of carbonyl (C=O) groups excluding carboxylic acids is 2. The molecule has 0 rings (SSSR count). The predicted molar refractivity (Wildman–Crippen MR) is 61.8 cm³/mol. The van der Waals surface area contributed by atoms with E-state index in [2.05, 4.69) is 0 Å². The van der Waals surface area contributed by atoms with Gasteiger partial charge in [-0.2, -0.15) is 0 Å². The average molecular weight is 230 g/mol. The SMILES string of the molecule is C[C@H](C(=O)N(C)C)C(OC(N)=O)C(C)(C)C. The first-order valence-corrected chi connectivity index (χ1v) is 5.24. The molecule has 2 N–H and O–H groups in total. The minimum Gasteiger partial charge on any atom is -0.445 e. The normalized spacial score (nSPS) is 15.1. The lowest BCUT2D eigenvalue weighted by Crippen LogP contribution is -2.45. The molecule has 0 saturated heterocycles. The summed E-state index contributed by atoms with van der Waals surface area (Å²) in [6.45, 7) is 7.45. The second-order valence-corrected chi connectivity index (χ2v) is 5.24. The van der Waals surface area contributed by atoms with Crippen LogP contribution in [0, 0.1) is 11.3 Å². The first-order valence-electron chi connectivity index (χ1n) is 5.24.